The summed E-state index contributed by atoms with van der Waals surface area (Å²) in [7, 11) is 3.99. The van der Waals surface area contributed by atoms with Crippen molar-refractivity contribution < 1.29 is 9.32 Å². The first-order chi connectivity index (χ1) is 13.1. The van der Waals surface area contributed by atoms with Crippen LogP contribution in [0.1, 0.15) is 17.9 Å². The fourth-order valence-electron chi connectivity index (χ4n) is 2.56. The predicted octanol–water partition coefficient (Wildman–Crippen LogP) is 2.72. The Kier molecular flexibility index (Phi) is 6.67. The molecule has 3 aromatic rings. The van der Waals surface area contributed by atoms with Crippen molar-refractivity contribution in [2.75, 3.05) is 27.2 Å². The largest absolute Gasteiger partial charge is 0.339 e. The fourth-order valence-corrected chi connectivity index (χ4v) is 3.20. The lowest BCUT2D eigenvalue weighted by Crippen LogP contribution is -2.36. The lowest BCUT2D eigenvalue weighted by Gasteiger charge is -2.24. The van der Waals surface area contributed by atoms with E-state index in [1.165, 1.54) is 0 Å². The number of hydrogen-bond acceptors (Lipinski definition) is 7. The molecule has 0 N–H and O–H groups in total. The number of carbonyl (C=O) groups is 1. The Morgan fingerprint density at radius 2 is 2.15 bits per heavy atom. The van der Waals surface area contributed by atoms with Gasteiger partial charge in [0.2, 0.25) is 17.6 Å². The molecule has 0 saturated carbocycles. The molecule has 142 valence electrons. The van der Waals surface area contributed by atoms with E-state index in [0.717, 1.165) is 17.7 Å². The summed E-state index contributed by atoms with van der Waals surface area (Å²) in [6.07, 6.45) is 4.29. The lowest BCUT2D eigenvalue weighted by molar-refractivity contribution is -0.132. The molecule has 0 atom stereocenters. The molecule has 0 bridgehead atoms. The molecule has 0 aliphatic heterocycles. The van der Waals surface area contributed by atoms with Gasteiger partial charge in [0.25, 0.3) is 0 Å². The molecule has 8 heteroatoms. The average Bonchev–Trinajstić information content (AvgIpc) is 3.35. The third-order valence-electron chi connectivity index (χ3n) is 4.07. The number of hydrogen-bond donors (Lipinski definition) is 0. The van der Waals surface area contributed by atoms with Gasteiger partial charge in [0.05, 0.1) is 0 Å². The van der Waals surface area contributed by atoms with Crippen LogP contribution in [0.25, 0.3) is 11.4 Å². The topological polar surface area (TPSA) is 75.4 Å². The van der Waals surface area contributed by atoms with Crippen LogP contribution in [0.15, 0.2) is 45.9 Å². The van der Waals surface area contributed by atoms with Crippen LogP contribution in [0.3, 0.4) is 0 Å². The Labute approximate surface area is 162 Å². The van der Waals surface area contributed by atoms with Gasteiger partial charge >= 0.3 is 0 Å². The molecule has 0 saturated heterocycles. The molecule has 7 nitrogen and oxygen atoms in total. The minimum absolute atomic E-state index is 0.0657. The molecule has 0 aliphatic carbocycles. The Morgan fingerprint density at radius 3 is 2.85 bits per heavy atom. The number of amides is 1. The number of rotatable bonds is 9. The van der Waals surface area contributed by atoms with Crippen molar-refractivity contribution in [3.05, 3.63) is 52.8 Å². The van der Waals surface area contributed by atoms with Gasteiger partial charge in [0.15, 0.2) is 0 Å². The zero-order valence-electron chi connectivity index (χ0n) is 15.5. The summed E-state index contributed by atoms with van der Waals surface area (Å²) in [6, 6.07) is 5.81. The highest BCUT2D eigenvalue weighted by Crippen LogP contribution is 2.19. The molecular formula is C19H23N5O2S. The van der Waals surface area contributed by atoms with E-state index in [4.69, 9.17) is 4.52 Å². The van der Waals surface area contributed by atoms with Gasteiger partial charge in [-0.2, -0.15) is 16.3 Å². The van der Waals surface area contributed by atoms with Gasteiger partial charge in [-0.1, -0.05) is 11.2 Å². The Hall–Kier alpha value is -2.58. The second-order valence-corrected chi connectivity index (χ2v) is 7.28. The molecule has 27 heavy (non-hydrogen) atoms. The van der Waals surface area contributed by atoms with Crippen molar-refractivity contribution in [1.82, 2.24) is 24.9 Å². The normalized spacial score (nSPS) is 11.1. The van der Waals surface area contributed by atoms with Gasteiger partial charge in [-0.3, -0.25) is 9.78 Å². The summed E-state index contributed by atoms with van der Waals surface area (Å²) in [5.74, 6) is 1.12. The zero-order chi connectivity index (χ0) is 19.1. The van der Waals surface area contributed by atoms with Crippen molar-refractivity contribution in [2.24, 2.45) is 0 Å². The maximum absolute atomic E-state index is 12.8. The molecule has 3 aromatic heterocycles. The van der Waals surface area contributed by atoms with Gasteiger partial charge in [-0.25, -0.2) is 0 Å². The number of pyridine rings is 1. The summed E-state index contributed by atoms with van der Waals surface area (Å²) in [4.78, 5) is 25.2. The van der Waals surface area contributed by atoms with E-state index in [9.17, 15) is 4.79 Å². The Balaban J connectivity index is 1.59. The third kappa shape index (κ3) is 5.70. The van der Waals surface area contributed by atoms with E-state index in [1.54, 1.807) is 23.7 Å². The molecule has 0 radical (unpaired) electrons. The highest BCUT2D eigenvalue weighted by Gasteiger charge is 2.17. The molecule has 1 amide bonds. The SMILES string of the molecule is CN(C)CCN(Cc1cccnc1)C(=O)CCc1nc(-c2ccsc2)no1. The van der Waals surface area contributed by atoms with Crippen LogP contribution >= 0.6 is 11.3 Å². The van der Waals surface area contributed by atoms with E-state index in [2.05, 4.69) is 20.0 Å². The van der Waals surface area contributed by atoms with Crippen molar-refractivity contribution in [1.29, 1.82) is 0 Å². The lowest BCUT2D eigenvalue weighted by atomic mass is 10.2. The molecular weight excluding hydrogens is 362 g/mol. The molecule has 3 heterocycles. The van der Waals surface area contributed by atoms with E-state index >= 15 is 0 Å². The zero-order valence-corrected chi connectivity index (χ0v) is 16.4. The predicted molar refractivity (Wildman–Crippen MR) is 104 cm³/mol. The summed E-state index contributed by atoms with van der Waals surface area (Å²) in [6.45, 7) is 2.00. The monoisotopic (exact) mass is 385 g/mol. The van der Waals surface area contributed by atoms with E-state index < -0.39 is 0 Å². The number of aromatic nitrogens is 3. The standard InChI is InChI=1S/C19H23N5O2S/c1-23(2)9-10-24(13-15-4-3-8-20-12-15)18(25)6-5-17-21-19(22-26-17)16-7-11-27-14-16/h3-4,7-8,11-12,14H,5-6,9-10,13H2,1-2H3. The van der Waals surface area contributed by atoms with Crippen molar-refractivity contribution >= 4 is 17.2 Å². The van der Waals surface area contributed by atoms with Gasteiger partial charge in [0, 0.05) is 55.8 Å². The number of likely N-dealkylation sites (N-methyl/N-ethyl adjacent to an activating group) is 1. The maximum atomic E-state index is 12.8. The number of thiophene rings is 1. The van der Waals surface area contributed by atoms with Crippen LogP contribution < -0.4 is 0 Å². The Bertz CT molecular complexity index is 833. The van der Waals surface area contributed by atoms with Crippen LogP contribution in [0.5, 0.6) is 0 Å². The van der Waals surface area contributed by atoms with Crippen molar-refractivity contribution in [3.8, 4) is 11.4 Å². The molecule has 0 unspecified atom stereocenters. The second-order valence-electron chi connectivity index (χ2n) is 6.50. The number of aryl methyl sites for hydroxylation is 1. The molecule has 3 rings (SSSR count). The first kappa shape index (κ1) is 19.2. The average molecular weight is 385 g/mol. The van der Waals surface area contributed by atoms with Crippen molar-refractivity contribution in [2.45, 2.75) is 19.4 Å². The van der Waals surface area contributed by atoms with Gasteiger partial charge in [-0.15, -0.1) is 0 Å². The summed E-state index contributed by atoms with van der Waals surface area (Å²) < 4.78 is 5.29. The summed E-state index contributed by atoms with van der Waals surface area (Å²) >= 11 is 1.58. The first-order valence-electron chi connectivity index (χ1n) is 8.78. The minimum atomic E-state index is 0.0657. The van der Waals surface area contributed by atoms with Gasteiger partial charge < -0.3 is 14.3 Å². The van der Waals surface area contributed by atoms with E-state index in [1.807, 2.05) is 48.0 Å². The van der Waals surface area contributed by atoms with Gasteiger partial charge in [-0.05, 0) is 37.2 Å². The third-order valence-corrected chi connectivity index (χ3v) is 4.75. The highest BCUT2D eigenvalue weighted by molar-refractivity contribution is 7.08. The van der Waals surface area contributed by atoms with Crippen LogP contribution in [-0.4, -0.2) is 58.0 Å². The summed E-state index contributed by atoms with van der Waals surface area (Å²) in [5.41, 5.74) is 1.95. The van der Waals surface area contributed by atoms with E-state index in [-0.39, 0.29) is 5.91 Å². The summed E-state index contributed by atoms with van der Waals surface area (Å²) in [5, 5.41) is 7.93. The molecule has 0 aromatic carbocycles. The van der Waals surface area contributed by atoms with Crippen LogP contribution in [-0.2, 0) is 17.8 Å². The second kappa shape index (κ2) is 9.38. The van der Waals surface area contributed by atoms with Crippen LogP contribution in [0.2, 0.25) is 0 Å². The quantitative estimate of drug-likeness (QED) is 0.564. The first-order valence-corrected chi connectivity index (χ1v) is 9.72. The Morgan fingerprint density at radius 1 is 1.26 bits per heavy atom. The van der Waals surface area contributed by atoms with Crippen LogP contribution in [0, 0.1) is 0 Å². The highest BCUT2D eigenvalue weighted by atomic mass is 32.1. The van der Waals surface area contributed by atoms with Gasteiger partial charge in [0.1, 0.15) is 0 Å². The molecule has 0 spiro atoms. The van der Waals surface area contributed by atoms with Crippen LogP contribution in [0.4, 0.5) is 0 Å². The molecule has 0 fully saturated rings. The van der Waals surface area contributed by atoms with Crippen molar-refractivity contribution in [3.63, 3.8) is 0 Å². The fraction of sp³-hybridized carbons (Fsp3) is 0.368. The van der Waals surface area contributed by atoms with E-state index in [0.29, 0.717) is 37.6 Å². The smallest absolute Gasteiger partial charge is 0.227 e. The maximum Gasteiger partial charge on any atom is 0.227 e. The molecule has 0 aliphatic rings. The number of nitrogens with zero attached hydrogens (tertiary/aromatic N) is 5. The number of carbonyl (C=O) groups excluding carboxylic acids is 1. The minimum Gasteiger partial charge on any atom is -0.339 e.